The summed E-state index contributed by atoms with van der Waals surface area (Å²) >= 11 is 0. The fourth-order valence-corrected chi connectivity index (χ4v) is 4.77. The number of carbonyl (C=O) groups excluding carboxylic acids is 1. The molecule has 3 aliphatic rings. The lowest BCUT2D eigenvalue weighted by molar-refractivity contribution is -0.105. The van der Waals surface area contributed by atoms with Crippen LogP contribution in [0.2, 0.25) is 0 Å². The number of fused-ring (bicyclic) bond motifs is 3. The van der Waals surface area contributed by atoms with Crippen molar-refractivity contribution in [3.05, 3.63) is 48.0 Å². The molecule has 2 unspecified atom stereocenters. The van der Waals surface area contributed by atoms with Crippen molar-refractivity contribution >= 4 is 11.6 Å². The zero-order valence-corrected chi connectivity index (χ0v) is 18.2. The number of pyridine rings is 2. The zero-order chi connectivity index (χ0) is 22.7. The van der Waals surface area contributed by atoms with Crippen molar-refractivity contribution in [2.75, 3.05) is 13.1 Å². The van der Waals surface area contributed by atoms with Gasteiger partial charge in [-0.2, -0.15) is 10.4 Å². The summed E-state index contributed by atoms with van der Waals surface area (Å²) in [7, 11) is 0. The number of amides is 1. The Morgan fingerprint density at radius 1 is 1.38 bits per heavy atom. The highest BCUT2D eigenvalue weighted by atomic mass is 16.6. The van der Waals surface area contributed by atoms with Crippen LogP contribution in [-0.4, -0.2) is 55.4 Å². The standard InChI is InChI=1S/C23H24N6O3/c1-22(2,3)32-21(31)29-16-7-23(29,13-25-11-16)19-5-4-14(9-26-19)18-6-17(30)12-28-20(18)15(8-24)10-27-28/h4-6,9-10,12,16,25,30H,7,11,13H2,1-3H3. The Bertz CT molecular complexity index is 1250. The molecule has 0 saturated carbocycles. The Kier molecular flexibility index (Phi) is 4.39. The van der Waals surface area contributed by atoms with Gasteiger partial charge < -0.3 is 15.2 Å². The summed E-state index contributed by atoms with van der Waals surface area (Å²) in [6.07, 6.45) is 5.14. The molecule has 3 aromatic rings. The summed E-state index contributed by atoms with van der Waals surface area (Å²) < 4.78 is 7.15. The summed E-state index contributed by atoms with van der Waals surface area (Å²) in [5, 5.41) is 27.1. The van der Waals surface area contributed by atoms with Crippen LogP contribution in [0, 0.1) is 11.3 Å². The second-order valence-electron chi connectivity index (χ2n) is 9.38. The number of aromatic hydroxyl groups is 1. The van der Waals surface area contributed by atoms with Crippen molar-refractivity contribution in [1.29, 1.82) is 5.26 Å². The van der Waals surface area contributed by atoms with Gasteiger partial charge >= 0.3 is 6.09 Å². The average Bonchev–Trinajstić information content (AvgIpc) is 3.15. The predicted molar refractivity (Wildman–Crippen MR) is 116 cm³/mol. The molecule has 2 atom stereocenters. The number of nitrogens with one attached hydrogen (secondary N) is 1. The van der Waals surface area contributed by atoms with E-state index in [9.17, 15) is 15.2 Å². The summed E-state index contributed by atoms with van der Waals surface area (Å²) in [6.45, 7) is 6.92. The van der Waals surface area contributed by atoms with Crippen molar-refractivity contribution in [2.24, 2.45) is 0 Å². The van der Waals surface area contributed by atoms with E-state index in [4.69, 9.17) is 9.72 Å². The first-order valence-corrected chi connectivity index (χ1v) is 10.5. The van der Waals surface area contributed by atoms with Crippen molar-refractivity contribution in [3.8, 4) is 22.9 Å². The highest BCUT2D eigenvalue weighted by Gasteiger charge is 2.59. The van der Waals surface area contributed by atoms with Gasteiger partial charge in [-0.3, -0.25) is 9.88 Å². The van der Waals surface area contributed by atoms with Crippen LogP contribution in [0.5, 0.6) is 5.75 Å². The molecule has 3 fully saturated rings. The number of ether oxygens (including phenoxy) is 1. The quantitative estimate of drug-likeness (QED) is 0.640. The van der Waals surface area contributed by atoms with Gasteiger partial charge in [0.2, 0.25) is 0 Å². The largest absolute Gasteiger partial charge is 0.506 e. The number of hydrogen-bond acceptors (Lipinski definition) is 7. The molecule has 0 aliphatic carbocycles. The molecule has 1 amide bonds. The maximum atomic E-state index is 12.9. The van der Waals surface area contributed by atoms with Crippen molar-refractivity contribution < 1.29 is 14.6 Å². The minimum absolute atomic E-state index is 0.0391. The third-order valence-corrected chi connectivity index (χ3v) is 6.06. The SMILES string of the molecule is CC(C)(C)OC(=O)N1C2CNCC1(c1ccc(-c3cc(O)cn4ncc(C#N)c34)cn1)C2. The maximum Gasteiger partial charge on any atom is 0.411 e. The molecule has 164 valence electrons. The number of hydrogen-bond donors (Lipinski definition) is 2. The van der Waals surface area contributed by atoms with E-state index >= 15 is 0 Å². The minimum atomic E-state index is -0.572. The van der Waals surface area contributed by atoms with Gasteiger partial charge in [0.05, 0.1) is 35.2 Å². The lowest BCUT2D eigenvalue weighted by atomic mass is 9.72. The molecule has 2 bridgehead atoms. The van der Waals surface area contributed by atoms with Crippen molar-refractivity contribution in [3.63, 3.8) is 0 Å². The van der Waals surface area contributed by atoms with Crippen LogP contribution in [0.3, 0.4) is 0 Å². The Morgan fingerprint density at radius 3 is 2.84 bits per heavy atom. The van der Waals surface area contributed by atoms with E-state index in [0.29, 0.717) is 23.2 Å². The molecule has 3 aromatic heterocycles. The summed E-state index contributed by atoms with van der Waals surface area (Å²) in [5.74, 6) is 0.0391. The van der Waals surface area contributed by atoms with Crippen molar-refractivity contribution in [2.45, 2.75) is 44.4 Å². The number of nitriles is 1. The number of aromatic nitrogens is 3. The van der Waals surface area contributed by atoms with Gasteiger partial charge in [0.25, 0.3) is 0 Å². The first-order chi connectivity index (χ1) is 15.2. The Balaban J connectivity index is 1.52. The number of piperazine rings is 1. The van der Waals surface area contributed by atoms with E-state index in [-0.39, 0.29) is 17.9 Å². The molecule has 0 aromatic carbocycles. The van der Waals surface area contributed by atoms with E-state index in [1.54, 1.807) is 12.3 Å². The van der Waals surface area contributed by atoms with E-state index in [0.717, 1.165) is 24.2 Å². The lowest BCUT2D eigenvalue weighted by Crippen LogP contribution is -2.76. The molecule has 0 radical (unpaired) electrons. The predicted octanol–water partition coefficient (Wildman–Crippen LogP) is 2.78. The van der Waals surface area contributed by atoms with Crippen LogP contribution in [-0.2, 0) is 10.3 Å². The van der Waals surface area contributed by atoms with E-state index < -0.39 is 11.1 Å². The normalized spacial score (nSPS) is 22.3. The van der Waals surface area contributed by atoms with Crippen molar-refractivity contribution in [1.82, 2.24) is 24.8 Å². The summed E-state index contributed by atoms with van der Waals surface area (Å²) in [6, 6.07) is 7.62. The van der Waals surface area contributed by atoms with Crippen LogP contribution < -0.4 is 5.32 Å². The van der Waals surface area contributed by atoms with Gasteiger partial charge in [-0.25, -0.2) is 9.31 Å². The van der Waals surface area contributed by atoms with Gasteiger partial charge in [0, 0.05) is 30.4 Å². The van der Waals surface area contributed by atoms with E-state index in [1.807, 2.05) is 37.8 Å². The molecular weight excluding hydrogens is 408 g/mol. The minimum Gasteiger partial charge on any atom is -0.506 e. The summed E-state index contributed by atoms with van der Waals surface area (Å²) in [4.78, 5) is 19.5. The van der Waals surface area contributed by atoms with Crippen LogP contribution in [0.25, 0.3) is 16.6 Å². The second-order valence-corrected chi connectivity index (χ2v) is 9.38. The average molecular weight is 432 g/mol. The Morgan fingerprint density at radius 2 is 2.19 bits per heavy atom. The molecule has 0 spiro atoms. The van der Waals surface area contributed by atoms with Gasteiger partial charge in [0.1, 0.15) is 23.0 Å². The number of rotatable bonds is 2. The molecule has 6 rings (SSSR count). The van der Waals surface area contributed by atoms with Gasteiger partial charge in [-0.15, -0.1) is 0 Å². The zero-order valence-electron chi connectivity index (χ0n) is 18.2. The smallest absolute Gasteiger partial charge is 0.411 e. The van der Waals surface area contributed by atoms with Gasteiger partial charge in [-0.1, -0.05) is 6.07 Å². The van der Waals surface area contributed by atoms with Crippen LogP contribution >= 0.6 is 0 Å². The molecule has 9 nitrogen and oxygen atoms in total. The third kappa shape index (κ3) is 3.07. The fourth-order valence-electron chi connectivity index (χ4n) is 4.77. The molecular formula is C23H24N6O3. The third-order valence-electron chi connectivity index (χ3n) is 6.06. The molecule has 3 aliphatic heterocycles. The number of carbonyl (C=O) groups is 1. The highest BCUT2D eigenvalue weighted by Crippen LogP contribution is 2.47. The van der Waals surface area contributed by atoms with Gasteiger partial charge in [-0.05, 0) is 39.3 Å². The molecule has 3 saturated heterocycles. The summed E-state index contributed by atoms with van der Waals surface area (Å²) in [5.41, 5.74) is 2.08. The highest BCUT2D eigenvalue weighted by molar-refractivity contribution is 5.85. The number of nitrogens with zero attached hydrogens (tertiary/aromatic N) is 5. The van der Waals surface area contributed by atoms with Gasteiger partial charge in [0.15, 0.2) is 0 Å². The monoisotopic (exact) mass is 432 g/mol. The van der Waals surface area contributed by atoms with Crippen LogP contribution in [0.1, 0.15) is 38.4 Å². The van der Waals surface area contributed by atoms with E-state index in [1.165, 1.54) is 16.9 Å². The Hall–Kier alpha value is -3.64. The molecule has 9 heteroatoms. The fraction of sp³-hybridized carbons (Fsp3) is 0.391. The van der Waals surface area contributed by atoms with Crippen LogP contribution in [0.4, 0.5) is 4.79 Å². The second kappa shape index (κ2) is 6.93. The topological polar surface area (TPSA) is 116 Å². The Labute approximate surface area is 185 Å². The number of piperidine rings is 1. The first-order valence-electron chi connectivity index (χ1n) is 10.5. The molecule has 6 heterocycles. The van der Waals surface area contributed by atoms with E-state index in [2.05, 4.69) is 16.5 Å². The molecule has 32 heavy (non-hydrogen) atoms. The molecule has 2 N–H and O–H groups in total. The van der Waals surface area contributed by atoms with Crippen LogP contribution in [0.15, 0.2) is 36.8 Å². The lowest BCUT2D eigenvalue weighted by Gasteiger charge is -2.61. The first kappa shape index (κ1) is 20.3. The maximum absolute atomic E-state index is 12.9.